The summed E-state index contributed by atoms with van der Waals surface area (Å²) in [6.07, 6.45) is 3.26. The van der Waals surface area contributed by atoms with Gasteiger partial charge in [0, 0.05) is 13.5 Å². The van der Waals surface area contributed by atoms with E-state index < -0.39 is 0 Å². The van der Waals surface area contributed by atoms with Crippen LogP contribution in [0.3, 0.4) is 0 Å². The van der Waals surface area contributed by atoms with Crippen LogP contribution in [0.2, 0.25) is 0 Å². The number of hydrogen-bond donors (Lipinski definition) is 0. The van der Waals surface area contributed by atoms with Crippen molar-refractivity contribution in [1.82, 2.24) is 29.9 Å². The van der Waals surface area contributed by atoms with Crippen molar-refractivity contribution in [3.8, 4) is 0 Å². The molecule has 8 heteroatoms. The van der Waals surface area contributed by atoms with Gasteiger partial charge in [0.05, 0.1) is 11.8 Å². The maximum absolute atomic E-state index is 5.43. The zero-order chi connectivity index (χ0) is 16.8. The number of aromatic nitrogens is 5. The first-order valence-electron chi connectivity index (χ1n) is 8.08. The van der Waals surface area contributed by atoms with Gasteiger partial charge in [-0.2, -0.15) is 0 Å². The third kappa shape index (κ3) is 4.54. The number of hydrogen-bond acceptors (Lipinski definition) is 7. The molecule has 0 radical (unpaired) electrons. The van der Waals surface area contributed by atoms with E-state index in [0.717, 1.165) is 36.8 Å². The van der Waals surface area contributed by atoms with Crippen LogP contribution in [0, 0.1) is 6.92 Å². The number of aryl methyl sites for hydroxylation is 1. The highest BCUT2D eigenvalue weighted by molar-refractivity contribution is 7.98. The molecule has 2 aromatic heterocycles. The monoisotopic (exact) mass is 338 g/mol. The Morgan fingerprint density at radius 1 is 1.17 bits per heavy atom. The molecule has 0 saturated heterocycles. The van der Waals surface area contributed by atoms with Gasteiger partial charge in [-0.05, 0) is 26.9 Å². The number of thioether (sulfide) groups is 1. The Morgan fingerprint density at radius 2 is 1.96 bits per heavy atom. The predicted octanol–water partition coefficient (Wildman–Crippen LogP) is 3.07. The molecule has 2 aromatic rings. The number of nitrogens with zero attached hydrogens (tertiary/aromatic N) is 6. The van der Waals surface area contributed by atoms with Gasteiger partial charge in [0.15, 0.2) is 11.0 Å². The first-order chi connectivity index (χ1) is 11.1. The van der Waals surface area contributed by atoms with Gasteiger partial charge in [-0.1, -0.05) is 32.0 Å². The fourth-order valence-electron chi connectivity index (χ4n) is 2.48. The molecule has 2 rings (SSSR count). The summed E-state index contributed by atoms with van der Waals surface area (Å²) in [6.45, 7) is 7.11. The second-order valence-electron chi connectivity index (χ2n) is 5.74. The van der Waals surface area contributed by atoms with Crippen LogP contribution >= 0.6 is 11.8 Å². The molecule has 2 heterocycles. The molecule has 128 valence electrons. The molecule has 23 heavy (non-hydrogen) atoms. The molecule has 7 nitrogen and oxygen atoms in total. The molecule has 0 aliphatic carbocycles. The Kier molecular flexibility index (Phi) is 6.59. The van der Waals surface area contributed by atoms with Crippen LogP contribution in [0.5, 0.6) is 0 Å². The van der Waals surface area contributed by atoms with E-state index in [-0.39, 0.29) is 6.04 Å². The van der Waals surface area contributed by atoms with Crippen molar-refractivity contribution in [2.75, 3.05) is 14.1 Å². The third-order valence-electron chi connectivity index (χ3n) is 3.68. The highest BCUT2D eigenvalue weighted by Crippen LogP contribution is 2.27. The molecule has 0 saturated carbocycles. The lowest BCUT2D eigenvalue weighted by molar-refractivity contribution is 0.270. The standard InChI is InChI=1S/C15H26N6OS/c1-6-8-9-21-14(12(7-2)20(4)5)18-19-15(21)23-10-13-17-16-11(3)22-13/h12H,6-10H2,1-5H3. The van der Waals surface area contributed by atoms with E-state index in [4.69, 9.17) is 4.42 Å². The van der Waals surface area contributed by atoms with E-state index >= 15 is 0 Å². The Morgan fingerprint density at radius 3 is 2.52 bits per heavy atom. The Labute approximate surface area is 141 Å². The van der Waals surface area contributed by atoms with Gasteiger partial charge in [0.2, 0.25) is 11.8 Å². The van der Waals surface area contributed by atoms with Crippen LogP contribution in [0.1, 0.15) is 56.8 Å². The largest absolute Gasteiger partial charge is 0.425 e. The van der Waals surface area contributed by atoms with Crippen LogP contribution in [-0.2, 0) is 12.3 Å². The van der Waals surface area contributed by atoms with Gasteiger partial charge in [-0.25, -0.2) is 0 Å². The molecule has 0 aliphatic heterocycles. The molecule has 0 fully saturated rings. The van der Waals surface area contributed by atoms with Crippen molar-refractivity contribution in [1.29, 1.82) is 0 Å². The zero-order valence-corrected chi connectivity index (χ0v) is 15.4. The summed E-state index contributed by atoms with van der Waals surface area (Å²) in [5, 5.41) is 17.7. The lowest BCUT2D eigenvalue weighted by Crippen LogP contribution is -2.23. The SMILES string of the molecule is CCCCn1c(SCc2nnc(C)o2)nnc1C(CC)N(C)C. The second-order valence-corrected chi connectivity index (χ2v) is 6.68. The van der Waals surface area contributed by atoms with Crippen molar-refractivity contribution >= 4 is 11.8 Å². The van der Waals surface area contributed by atoms with Crippen molar-refractivity contribution < 1.29 is 4.42 Å². The van der Waals surface area contributed by atoms with Crippen LogP contribution < -0.4 is 0 Å². The lowest BCUT2D eigenvalue weighted by Gasteiger charge is -2.23. The van der Waals surface area contributed by atoms with E-state index in [1.54, 1.807) is 18.7 Å². The van der Waals surface area contributed by atoms with Crippen molar-refractivity contribution in [2.45, 2.75) is 63.5 Å². The van der Waals surface area contributed by atoms with E-state index in [1.165, 1.54) is 0 Å². The predicted molar refractivity (Wildman–Crippen MR) is 90.2 cm³/mol. The molecule has 1 unspecified atom stereocenters. The molecule has 0 aliphatic rings. The minimum Gasteiger partial charge on any atom is -0.425 e. The highest BCUT2D eigenvalue weighted by atomic mass is 32.2. The molecular formula is C15H26N6OS. The zero-order valence-electron chi connectivity index (χ0n) is 14.6. The van der Waals surface area contributed by atoms with Crippen LogP contribution in [0.15, 0.2) is 9.57 Å². The van der Waals surface area contributed by atoms with Crippen molar-refractivity contribution in [3.63, 3.8) is 0 Å². The summed E-state index contributed by atoms with van der Waals surface area (Å²) in [5.74, 6) is 2.87. The van der Waals surface area contributed by atoms with E-state index in [0.29, 0.717) is 17.5 Å². The van der Waals surface area contributed by atoms with Gasteiger partial charge < -0.3 is 8.98 Å². The summed E-state index contributed by atoms with van der Waals surface area (Å²) in [5.41, 5.74) is 0. The van der Waals surface area contributed by atoms with Crippen molar-refractivity contribution in [3.05, 3.63) is 17.6 Å². The molecule has 0 aromatic carbocycles. The minimum absolute atomic E-state index is 0.277. The first kappa shape index (κ1) is 17.9. The van der Waals surface area contributed by atoms with E-state index in [9.17, 15) is 0 Å². The maximum Gasteiger partial charge on any atom is 0.226 e. The Bertz CT molecular complexity index is 609. The third-order valence-corrected chi connectivity index (χ3v) is 4.63. The molecule has 0 bridgehead atoms. The van der Waals surface area contributed by atoms with Crippen LogP contribution in [0.25, 0.3) is 0 Å². The maximum atomic E-state index is 5.43. The molecule has 0 spiro atoms. The summed E-state index contributed by atoms with van der Waals surface area (Å²) in [4.78, 5) is 2.20. The van der Waals surface area contributed by atoms with Gasteiger partial charge in [0.25, 0.3) is 0 Å². The van der Waals surface area contributed by atoms with Gasteiger partial charge in [-0.3, -0.25) is 4.90 Å². The topological polar surface area (TPSA) is 72.9 Å². The molecule has 0 N–H and O–H groups in total. The average Bonchev–Trinajstić information content (AvgIpc) is 3.10. The van der Waals surface area contributed by atoms with Crippen LogP contribution in [-0.4, -0.2) is 44.0 Å². The van der Waals surface area contributed by atoms with Gasteiger partial charge in [-0.15, -0.1) is 20.4 Å². The normalized spacial score (nSPS) is 13.0. The average molecular weight is 338 g/mol. The summed E-state index contributed by atoms with van der Waals surface area (Å²) in [6, 6.07) is 0.277. The fourth-order valence-corrected chi connectivity index (χ4v) is 3.29. The van der Waals surface area contributed by atoms with E-state index in [2.05, 4.69) is 57.8 Å². The number of unbranched alkanes of at least 4 members (excludes halogenated alkanes) is 1. The summed E-state index contributed by atoms with van der Waals surface area (Å²) in [7, 11) is 4.17. The summed E-state index contributed by atoms with van der Waals surface area (Å²) < 4.78 is 7.67. The summed E-state index contributed by atoms with van der Waals surface area (Å²) >= 11 is 1.60. The molecule has 0 amide bonds. The Hall–Kier alpha value is -1.41. The fraction of sp³-hybridized carbons (Fsp3) is 0.733. The van der Waals surface area contributed by atoms with Crippen LogP contribution in [0.4, 0.5) is 0 Å². The van der Waals surface area contributed by atoms with E-state index in [1.807, 2.05) is 0 Å². The first-order valence-corrected chi connectivity index (χ1v) is 9.06. The van der Waals surface area contributed by atoms with Gasteiger partial charge in [0.1, 0.15) is 0 Å². The number of rotatable bonds is 9. The minimum atomic E-state index is 0.277. The smallest absolute Gasteiger partial charge is 0.226 e. The second kappa shape index (κ2) is 8.44. The lowest BCUT2D eigenvalue weighted by atomic mass is 10.2. The molecular weight excluding hydrogens is 312 g/mol. The van der Waals surface area contributed by atoms with Crippen molar-refractivity contribution in [2.24, 2.45) is 0 Å². The Balaban J connectivity index is 2.18. The quantitative estimate of drug-likeness (QED) is 0.650. The molecule has 1 atom stereocenters. The van der Waals surface area contributed by atoms with Gasteiger partial charge >= 0.3 is 0 Å². The highest BCUT2D eigenvalue weighted by Gasteiger charge is 2.22.